The van der Waals surface area contributed by atoms with Crippen LogP contribution in [0.25, 0.3) is 0 Å². The quantitative estimate of drug-likeness (QED) is 0.617. The van der Waals surface area contributed by atoms with Crippen LogP contribution in [0.2, 0.25) is 5.15 Å². The fraction of sp³-hybridized carbons (Fsp3) is 0.333. The Morgan fingerprint density at radius 2 is 2.40 bits per heavy atom. The third-order valence-corrected chi connectivity index (χ3v) is 1.53. The van der Waals surface area contributed by atoms with Gasteiger partial charge in [-0.1, -0.05) is 11.6 Å². The molecule has 1 heterocycles. The average molecular weight is 158 g/mol. The standard InChI is InChI=1S/C6H8ClN3/c1-4-3-9-5(2-8)10-6(4)7/h3H,2,8H2,1H3. The Hall–Kier alpha value is -0.670. The monoisotopic (exact) mass is 157 g/mol. The highest BCUT2D eigenvalue weighted by Gasteiger charge is 1.97. The summed E-state index contributed by atoms with van der Waals surface area (Å²) in [7, 11) is 0. The number of rotatable bonds is 1. The highest BCUT2D eigenvalue weighted by atomic mass is 35.5. The Morgan fingerprint density at radius 3 is 2.90 bits per heavy atom. The third-order valence-electron chi connectivity index (χ3n) is 1.14. The number of nitrogens with two attached hydrogens (primary N) is 1. The van der Waals surface area contributed by atoms with Gasteiger partial charge in [0.25, 0.3) is 0 Å². The van der Waals surface area contributed by atoms with Gasteiger partial charge < -0.3 is 5.73 Å². The number of hydrogen-bond donors (Lipinski definition) is 1. The van der Waals surface area contributed by atoms with Crippen LogP contribution in [-0.2, 0) is 6.54 Å². The molecule has 1 aromatic heterocycles. The molecule has 0 saturated heterocycles. The molecule has 0 fully saturated rings. The number of aromatic nitrogens is 2. The molecule has 0 aliphatic rings. The van der Waals surface area contributed by atoms with Crippen molar-refractivity contribution in [1.29, 1.82) is 0 Å². The van der Waals surface area contributed by atoms with Crippen LogP contribution < -0.4 is 5.73 Å². The van der Waals surface area contributed by atoms with Crippen molar-refractivity contribution in [3.63, 3.8) is 0 Å². The van der Waals surface area contributed by atoms with Gasteiger partial charge in [-0.3, -0.25) is 0 Å². The molecule has 10 heavy (non-hydrogen) atoms. The maximum atomic E-state index is 5.69. The Morgan fingerprint density at radius 1 is 1.70 bits per heavy atom. The Labute approximate surface area is 64.2 Å². The van der Waals surface area contributed by atoms with Crippen LogP contribution in [0.15, 0.2) is 6.20 Å². The number of hydrogen-bond acceptors (Lipinski definition) is 3. The Bertz CT molecular complexity index is 236. The molecule has 54 valence electrons. The van der Waals surface area contributed by atoms with Gasteiger partial charge in [-0.25, -0.2) is 9.97 Å². The second-order valence-electron chi connectivity index (χ2n) is 1.96. The maximum absolute atomic E-state index is 5.69. The summed E-state index contributed by atoms with van der Waals surface area (Å²) in [5.74, 6) is 0.579. The predicted octanol–water partition coefficient (Wildman–Crippen LogP) is 0.897. The van der Waals surface area contributed by atoms with Gasteiger partial charge in [0.15, 0.2) is 0 Å². The van der Waals surface area contributed by atoms with Crippen molar-refractivity contribution >= 4 is 11.6 Å². The van der Waals surface area contributed by atoms with E-state index in [2.05, 4.69) is 9.97 Å². The maximum Gasteiger partial charge on any atom is 0.143 e. The molecule has 0 amide bonds. The van der Waals surface area contributed by atoms with Crippen LogP contribution in [0.4, 0.5) is 0 Å². The molecule has 0 aliphatic heterocycles. The van der Waals surface area contributed by atoms with Crippen LogP contribution in [0.3, 0.4) is 0 Å². The first-order chi connectivity index (χ1) is 4.74. The third kappa shape index (κ3) is 1.43. The van der Waals surface area contributed by atoms with E-state index in [1.54, 1.807) is 6.20 Å². The number of halogens is 1. The van der Waals surface area contributed by atoms with Gasteiger partial charge in [0.1, 0.15) is 11.0 Å². The van der Waals surface area contributed by atoms with Crippen molar-refractivity contribution in [1.82, 2.24) is 9.97 Å². The van der Waals surface area contributed by atoms with Gasteiger partial charge in [0.05, 0.1) is 6.54 Å². The zero-order valence-electron chi connectivity index (χ0n) is 5.63. The van der Waals surface area contributed by atoms with Crippen molar-refractivity contribution in [3.8, 4) is 0 Å². The van der Waals surface area contributed by atoms with Gasteiger partial charge in [0, 0.05) is 11.8 Å². The van der Waals surface area contributed by atoms with E-state index in [0.717, 1.165) is 5.56 Å². The molecule has 0 unspecified atom stereocenters. The van der Waals surface area contributed by atoms with Crippen LogP contribution in [0.5, 0.6) is 0 Å². The van der Waals surface area contributed by atoms with E-state index < -0.39 is 0 Å². The second-order valence-corrected chi connectivity index (χ2v) is 2.32. The first-order valence-electron chi connectivity index (χ1n) is 2.92. The molecule has 2 N–H and O–H groups in total. The summed E-state index contributed by atoms with van der Waals surface area (Å²) in [6.07, 6.45) is 1.66. The van der Waals surface area contributed by atoms with E-state index in [0.29, 0.717) is 17.5 Å². The molecule has 3 nitrogen and oxygen atoms in total. The molecule has 0 bridgehead atoms. The molecule has 1 rings (SSSR count). The highest BCUT2D eigenvalue weighted by Crippen LogP contribution is 2.08. The minimum Gasteiger partial charge on any atom is -0.324 e. The molecule has 0 atom stereocenters. The summed E-state index contributed by atoms with van der Waals surface area (Å²) in [5.41, 5.74) is 6.16. The van der Waals surface area contributed by atoms with E-state index in [1.165, 1.54) is 0 Å². The molecule has 0 radical (unpaired) electrons. The van der Waals surface area contributed by atoms with Crippen molar-refractivity contribution in [2.45, 2.75) is 13.5 Å². The van der Waals surface area contributed by atoms with Gasteiger partial charge in [-0.05, 0) is 6.92 Å². The summed E-state index contributed by atoms with van der Waals surface area (Å²) >= 11 is 5.69. The van der Waals surface area contributed by atoms with Gasteiger partial charge in [0.2, 0.25) is 0 Å². The first kappa shape index (κ1) is 7.44. The average Bonchev–Trinajstić information content (AvgIpc) is 1.95. The molecule has 0 aliphatic carbocycles. The lowest BCUT2D eigenvalue weighted by molar-refractivity contribution is 0.901. The summed E-state index contributed by atoms with van der Waals surface area (Å²) < 4.78 is 0. The van der Waals surface area contributed by atoms with Crippen molar-refractivity contribution in [3.05, 3.63) is 22.7 Å². The first-order valence-corrected chi connectivity index (χ1v) is 3.30. The van der Waals surface area contributed by atoms with Crippen LogP contribution in [-0.4, -0.2) is 9.97 Å². The smallest absolute Gasteiger partial charge is 0.143 e. The lowest BCUT2D eigenvalue weighted by Gasteiger charge is -1.97. The summed E-state index contributed by atoms with van der Waals surface area (Å²) in [6, 6.07) is 0. The van der Waals surface area contributed by atoms with Crippen molar-refractivity contribution in [2.24, 2.45) is 5.73 Å². The van der Waals surface area contributed by atoms with Crippen LogP contribution in [0, 0.1) is 6.92 Å². The minimum absolute atomic E-state index is 0.333. The van der Waals surface area contributed by atoms with Gasteiger partial charge in [-0.2, -0.15) is 0 Å². The van der Waals surface area contributed by atoms with Crippen LogP contribution >= 0.6 is 11.6 Å². The molecule has 0 spiro atoms. The molecule has 4 heteroatoms. The van der Waals surface area contributed by atoms with Gasteiger partial charge in [-0.15, -0.1) is 0 Å². The van der Waals surface area contributed by atoms with E-state index >= 15 is 0 Å². The van der Waals surface area contributed by atoms with Crippen molar-refractivity contribution < 1.29 is 0 Å². The zero-order chi connectivity index (χ0) is 7.56. The zero-order valence-corrected chi connectivity index (χ0v) is 6.39. The normalized spacial score (nSPS) is 9.90. The van der Waals surface area contributed by atoms with E-state index in [4.69, 9.17) is 17.3 Å². The molecule has 1 aromatic rings. The lowest BCUT2D eigenvalue weighted by atomic mass is 10.4. The second kappa shape index (κ2) is 2.94. The Balaban J connectivity index is 3.04. The topological polar surface area (TPSA) is 51.8 Å². The number of aryl methyl sites for hydroxylation is 1. The van der Waals surface area contributed by atoms with Crippen LogP contribution in [0.1, 0.15) is 11.4 Å². The molecular formula is C6H8ClN3. The van der Waals surface area contributed by atoms with E-state index in [9.17, 15) is 0 Å². The van der Waals surface area contributed by atoms with E-state index in [-0.39, 0.29) is 0 Å². The summed E-state index contributed by atoms with van der Waals surface area (Å²) in [6.45, 7) is 2.18. The summed E-state index contributed by atoms with van der Waals surface area (Å²) in [5, 5.41) is 0.482. The summed E-state index contributed by atoms with van der Waals surface area (Å²) in [4.78, 5) is 7.86. The SMILES string of the molecule is Cc1cnc(CN)nc1Cl. The number of nitrogens with zero attached hydrogens (tertiary/aromatic N) is 2. The fourth-order valence-corrected chi connectivity index (χ4v) is 0.700. The molecular weight excluding hydrogens is 150 g/mol. The lowest BCUT2D eigenvalue weighted by Crippen LogP contribution is -2.03. The largest absolute Gasteiger partial charge is 0.324 e. The Kier molecular flexibility index (Phi) is 2.19. The minimum atomic E-state index is 0.333. The van der Waals surface area contributed by atoms with Gasteiger partial charge >= 0.3 is 0 Å². The fourth-order valence-electron chi connectivity index (χ4n) is 0.553. The molecule has 0 aromatic carbocycles. The van der Waals surface area contributed by atoms with Crippen molar-refractivity contribution in [2.75, 3.05) is 0 Å². The molecule has 0 saturated carbocycles. The highest BCUT2D eigenvalue weighted by molar-refractivity contribution is 6.30. The predicted molar refractivity (Wildman–Crippen MR) is 39.7 cm³/mol. The van der Waals surface area contributed by atoms with E-state index in [1.807, 2.05) is 6.92 Å².